The van der Waals surface area contributed by atoms with E-state index in [0.29, 0.717) is 43.3 Å². The molecule has 1 aliphatic rings. The van der Waals surface area contributed by atoms with Crippen LogP contribution in [-0.2, 0) is 11.3 Å². The Kier molecular flexibility index (Phi) is 5.90. The molecule has 0 aliphatic carbocycles. The Hall–Kier alpha value is -3.56. The first-order valence-corrected chi connectivity index (χ1v) is 11.8. The van der Waals surface area contributed by atoms with Gasteiger partial charge in [0.25, 0.3) is 0 Å². The van der Waals surface area contributed by atoms with Crippen molar-refractivity contribution in [1.29, 1.82) is 5.41 Å². The summed E-state index contributed by atoms with van der Waals surface area (Å²) >= 11 is 6.24. The standard InChI is InChI=1S/C25H27ClN8O/c1-16-30-31-24-7-6-21-23(34(16)24)11-22(33(21)12-18-4-3-5-19(26)10-18)20(28)8-9-29-25(13-27)14-32(15-25)17(2)35/h3-7,9-11,28H,8,12-15,27H2,1-2H3. The minimum Gasteiger partial charge on any atom is -0.338 e. The fourth-order valence-electron chi connectivity index (χ4n) is 4.67. The van der Waals surface area contributed by atoms with Crippen LogP contribution in [0.5, 0.6) is 0 Å². The molecular formula is C25H27ClN8O. The molecule has 0 atom stereocenters. The lowest BCUT2D eigenvalue weighted by atomic mass is 9.90. The monoisotopic (exact) mass is 490 g/mol. The van der Waals surface area contributed by atoms with E-state index in [0.717, 1.165) is 33.8 Å². The van der Waals surface area contributed by atoms with Crippen molar-refractivity contribution >= 4 is 46.1 Å². The number of amides is 1. The van der Waals surface area contributed by atoms with Gasteiger partial charge in [0.15, 0.2) is 5.65 Å². The van der Waals surface area contributed by atoms with E-state index in [9.17, 15) is 4.79 Å². The molecule has 10 heteroatoms. The van der Waals surface area contributed by atoms with Gasteiger partial charge in [-0.05, 0) is 42.8 Å². The van der Waals surface area contributed by atoms with E-state index in [2.05, 4.69) is 19.8 Å². The maximum absolute atomic E-state index is 11.6. The normalized spacial score (nSPS) is 15.3. The number of hydrogen-bond acceptors (Lipinski definition) is 6. The van der Waals surface area contributed by atoms with Crippen LogP contribution in [-0.4, -0.2) is 67.1 Å². The number of likely N-dealkylation sites (tertiary alicyclic amines) is 1. The van der Waals surface area contributed by atoms with Crippen molar-refractivity contribution in [2.45, 2.75) is 32.4 Å². The van der Waals surface area contributed by atoms with Gasteiger partial charge in [-0.2, -0.15) is 0 Å². The average Bonchev–Trinajstić information content (AvgIpc) is 3.35. The maximum atomic E-state index is 11.6. The highest BCUT2D eigenvalue weighted by molar-refractivity contribution is 6.30. The number of hydrogen-bond donors (Lipinski definition) is 2. The molecule has 180 valence electrons. The Labute approximate surface area is 207 Å². The topological polar surface area (TPSA) is 118 Å². The summed E-state index contributed by atoms with van der Waals surface area (Å²) in [6.45, 7) is 5.42. The zero-order chi connectivity index (χ0) is 24.7. The summed E-state index contributed by atoms with van der Waals surface area (Å²) in [7, 11) is 0. The van der Waals surface area contributed by atoms with Gasteiger partial charge in [-0.25, -0.2) is 0 Å². The van der Waals surface area contributed by atoms with Crippen LogP contribution in [0.4, 0.5) is 0 Å². The van der Waals surface area contributed by atoms with E-state index in [-0.39, 0.29) is 5.91 Å². The first kappa shape index (κ1) is 23.2. The molecule has 0 radical (unpaired) electrons. The van der Waals surface area contributed by atoms with Crippen molar-refractivity contribution in [3.63, 3.8) is 0 Å². The van der Waals surface area contributed by atoms with Crippen molar-refractivity contribution in [1.82, 2.24) is 24.1 Å². The van der Waals surface area contributed by atoms with Crippen LogP contribution < -0.4 is 5.73 Å². The van der Waals surface area contributed by atoms with Crippen molar-refractivity contribution in [3.05, 3.63) is 64.6 Å². The second-order valence-electron chi connectivity index (χ2n) is 9.09. The van der Waals surface area contributed by atoms with E-state index < -0.39 is 5.54 Å². The van der Waals surface area contributed by atoms with Gasteiger partial charge in [-0.15, -0.1) is 10.2 Å². The van der Waals surface area contributed by atoms with Crippen LogP contribution >= 0.6 is 11.6 Å². The first-order valence-electron chi connectivity index (χ1n) is 11.5. The van der Waals surface area contributed by atoms with Gasteiger partial charge in [0.1, 0.15) is 11.4 Å². The Morgan fingerprint density at radius 2 is 2.03 bits per heavy atom. The summed E-state index contributed by atoms with van der Waals surface area (Å²) in [5, 5.41) is 18.0. The van der Waals surface area contributed by atoms with Crippen molar-refractivity contribution < 1.29 is 4.79 Å². The fraction of sp³-hybridized carbons (Fsp3) is 0.320. The summed E-state index contributed by atoms with van der Waals surface area (Å²) in [5.74, 6) is 0.813. The van der Waals surface area contributed by atoms with Crippen LogP contribution in [0.3, 0.4) is 0 Å². The average molecular weight is 491 g/mol. The molecule has 0 bridgehead atoms. The van der Waals surface area contributed by atoms with Crippen molar-refractivity contribution in [3.8, 4) is 0 Å². The van der Waals surface area contributed by atoms with Gasteiger partial charge in [0, 0.05) is 50.8 Å². The summed E-state index contributed by atoms with van der Waals surface area (Å²) < 4.78 is 4.12. The third-order valence-electron chi connectivity index (χ3n) is 6.59. The molecule has 3 aromatic heterocycles. The van der Waals surface area contributed by atoms with E-state index in [1.165, 1.54) is 0 Å². The molecular weight excluding hydrogens is 464 g/mol. The number of pyridine rings is 1. The van der Waals surface area contributed by atoms with E-state index in [4.69, 9.17) is 22.7 Å². The Morgan fingerprint density at radius 3 is 2.74 bits per heavy atom. The largest absolute Gasteiger partial charge is 0.338 e. The smallest absolute Gasteiger partial charge is 0.219 e. The SMILES string of the molecule is CC(=O)N1CC(CN)(N=CCC(=N)c2cc3c(ccc4nnc(C)n43)n2Cc2cccc(Cl)c2)C1. The lowest BCUT2D eigenvalue weighted by Crippen LogP contribution is -2.65. The Bertz CT molecular complexity index is 1480. The number of carbonyl (C=O) groups excluding carboxylic acids is 1. The lowest BCUT2D eigenvalue weighted by Gasteiger charge is -2.46. The van der Waals surface area contributed by atoms with Gasteiger partial charge in [-0.1, -0.05) is 23.7 Å². The Morgan fingerprint density at radius 1 is 1.23 bits per heavy atom. The highest BCUT2D eigenvalue weighted by Gasteiger charge is 2.42. The molecule has 35 heavy (non-hydrogen) atoms. The van der Waals surface area contributed by atoms with E-state index in [1.54, 1.807) is 18.0 Å². The second-order valence-corrected chi connectivity index (χ2v) is 9.52. The predicted octanol–water partition coefficient (Wildman–Crippen LogP) is 3.08. The van der Waals surface area contributed by atoms with Gasteiger partial charge in [0.05, 0.1) is 22.4 Å². The number of benzene rings is 1. The van der Waals surface area contributed by atoms with Crippen LogP contribution in [0.15, 0.2) is 47.5 Å². The number of aryl methyl sites for hydroxylation is 1. The quantitative estimate of drug-likeness (QED) is 0.387. The molecule has 1 saturated heterocycles. The van der Waals surface area contributed by atoms with E-state index in [1.807, 2.05) is 53.8 Å². The number of nitrogens with zero attached hydrogens (tertiary/aromatic N) is 6. The summed E-state index contributed by atoms with van der Waals surface area (Å²) in [6.07, 6.45) is 2.10. The Balaban J connectivity index is 1.49. The van der Waals surface area contributed by atoms with E-state index >= 15 is 0 Å². The molecule has 0 spiro atoms. The maximum Gasteiger partial charge on any atom is 0.219 e. The number of carbonyl (C=O) groups is 1. The van der Waals surface area contributed by atoms with Crippen LogP contribution in [0.25, 0.3) is 16.7 Å². The van der Waals surface area contributed by atoms with Crippen molar-refractivity contribution in [2.75, 3.05) is 19.6 Å². The van der Waals surface area contributed by atoms with Crippen LogP contribution in [0.2, 0.25) is 5.02 Å². The van der Waals surface area contributed by atoms with Crippen LogP contribution in [0, 0.1) is 12.3 Å². The molecule has 4 heterocycles. The first-order chi connectivity index (χ1) is 16.8. The van der Waals surface area contributed by atoms with Gasteiger partial charge in [-0.3, -0.25) is 14.2 Å². The minimum atomic E-state index is -0.453. The number of nitrogens with one attached hydrogen (secondary N) is 1. The zero-order valence-electron chi connectivity index (χ0n) is 19.7. The number of rotatable bonds is 7. The fourth-order valence-corrected chi connectivity index (χ4v) is 4.88. The molecule has 1 aromatic carbocycles. The number of aliphatic imine (C=N–C) groups is 1. The summed E-state index contributed by atoms with van der Waals surface area (Å²) in [5.41, 5.74) is 10.4. The van der Waals surface area contributed by atoms with Gasteiger partial charge >= 0.3 is 0 Å². The van der Waals surface area contributed by atoms with Crippen LogP contribution in [0.1, 0.15) is 30.4 Å². The zero-order valence-corrected chi connectivity index (χ0v) is 20.5. The highest BCUT2D eigenvalue weighted by atomic mass is 35.5. The molecule has 9 nitrogen and oxygen atoms in total. The highest BCUT2D eigenvalue weighted by Crippen LogP contribution is 2.26. The summed E-state index contributed by atoms with van der Waals surface area (Å²) in [4.78, 5) is 18.0. The molecule has 0 saturated carbocycles. The molecule has 1 amide bonds. The minimum absolute atomic E-state index is 0.0261. The number of halogens is 1. The third kappa shape index (κ3) is 4.21. The lowest BCUT2D eigenvalue weighted by molar-refractivity contribution is -0.135. The molecule has 1 fully saturated rings. The third-order valence-corrected chi connectivity index (χ3v) is 6.83. The number of fused-ring (bicyclic) bond motifs is 3. The molecule has 1 aliphatic heterocycles. The molecule has 0 unspecified atom stereocenters. The molecule has 4 aromatic rings. The molecule has 3 N–H and O–H groups in total. The summed E-state index contributed by atoms with van der Waals surface area (Å²) in [6, 6.07) is 13.7. The van der Waals surface area contributed by atoms with Crippen molar-refractivity contribution in [2.24, 2.45) is 10.7 Å². The van der Waals surface area contributed by atoms with Gasteiger partial charge in [0.2, 0.25) is 5.91 Å². The predicted molar refractivity (Wildman–Crippen MR) is 138 cm³/mol. The molecule has 5 rings (SSSR count). The number of aromatic nitrogens is 4. The van der Waals surface area contributed by atoms with Gasteiger partial charge < -0.3 is 20.6 Å². The number of nitrogens with two attached hydrogens (primary N) is 1. The second kappa shape index (κ2) is 8.90.